The Morgan fingerprint density at radius 3 is 2.23 bits per heavy atom. The van der Waals surface area contributed by atoms with Gasteiger partial charge in [0.25, 0.3) is 5.91 Å². The summed E-state index contributed by atoms with van der Waals surface area (Å²) in [5.41, 5.74) is -2.11. The lowest BCUT2D eigenvalue weighted by atomic mass is 10.1. The summed E-state index contributed by atoms with van der Waals surface area (Å²) < 4.78 is 41.2. The average molecular weight is 369 g/mol. The van der Waals surface area contributed by atoms with Gasteiger partial charge in [0.05, 0.1) is 22.9 Å². The van der Waals surface area contributed by atoms with E-state index in [2.05, 4.69) is 10.4 Å². The molecule has 1 amide bonds. The van der Waals surface area contributed by atoms with Gasteiger partial charge in [0.2, 0.25) is 0 Å². The van der Waals surface area contributed by atoms with Crippen LogP contribution in [0.25, 0.3) is 0 Å². The molecular formula is C17H18F3N3O3. The topological polar surface area (TPSA) is 84.2 Å². The molecule has 0 saturated heterocycles. The van der Waals surface area contributed by atoms with Crippen molar-refractivity contribution in [3.63, 3.8) is 0 Å². The molecule has 0 saturated carbocycles. The van der Waals surface area contributed by atoms with Crippen LogP contribution in [0.15, 0.2) is 24.4 Å². The van der Waals surface area contributed by atoms with E-state index in [0.717, 1.165) is 10.9 Å². The van der Waals surface area contributed by atoms with E-state index in [9.17, 15) is 22.8 Å². The maximum Gasteiger partial charge on any atom is 0.433 e. The Bertz CT molecular complexity index is 864. The van der Waals surface area contributed by atoms with Crippen molar-refractivity contribution < 1.29 is 27.9 Å². The smallest absolute Gasteiger partial charge is 0.433 e. The van der Waals surface area contributed by atoms with Gasteiger partial charge in [0.1, 0.15) is 0 Å². The van der Waals surface area contributed by atoms with E-state index in [0.29, 0.717) is 5.56 Å². The van der Waals surface area contributed by atoms with Crippen LogP contribution in [0, 0.1) is 6.92 Å². The van der Waals surface area contributed by atoms with Crippen molar-refractivity contribution in [3.05, 3.63) is 46.8 Å². The highest BCUT2D eigenvalue weighted by Crippen LogP contribution is 2.35. The van der Waals surface area contributed by atoms with Crippen LogP contribution in [0.4, 0.5) is 18.9 Å². The normalized spacial score (nSPS) is 12.1. The minimum absolute atomic E-state index is 0.0412. The second-order valence-electron chi connectivity index (χ2n) is 6.78. The van der Waals surface area contributed by atoms with Gasteiger partial charge >= 0.3 is 12.1 Å². The number of aromatic nitrogens is 2. The van der Waals surface area contributed by atoms with Crippen LogP contribution < -0.4 is 5.32 Å². The van der Waals surface area contributed by atoms with Crippen LogP contribution in [0.1, 0.15) is 52.7 Å². The third-order valence-electron chi connectivity index (χ3n) is 3.63. The zero-order chi connectivity index (χ0) is 19.9. The fourth-order valence-corrected chi connectivity index (χ4v) is 2.48. The molecule has 2 aromatic rings. The van der Waals surface area contributed by atoms with E-state index in [1.54, 1.807) is 20.8 Å². The molecule has 0 unspecified atom stereocenters. The predicted molar refractivity (Wildman–Crippen MR) is 88.3 cm³/mol. The van der Waals surface area contributed by atoms with E-state index in [-0.39, 0.29) is 11.3 Å². The van der Waals surface area contributed by atoms with Crippen molar-refractivity contribution in [2.75, 3.05) is 5.32 Å². The molecule has 0 fully saturated rings. The highest BCUT2D eigenvalue weighted by atomic mass is 19.4. The number of carbonyl (C=O) groups excluding carboxylic acids is 1. The summed E-state index contributed by atoms with van der Waals surface area (Å²) >= 11 is 0. The molecule has 0 aliphatic rings. The summed E-state index contributed by atoms with van der Waals surface area (Å²) in [6.07, 6.45) is -3.89. The number of nitrogens with one attached hydrogen (secondary N) is 1. The number of alkyl halides is 3. The molecule has 0 spiro atoms. The van der Waals surface area contributed by atoms with Gasteiger partial charge in [-0.1, -0.05) is 0 Å². The number of anilines is 1. The number of carbonyl (C=O) groups is 2. The minimum Gasteiger partial charge on any atom is -0.478 e. The molecule has 9 heteroatoms. The van der Waals surface area contributed by atoms with Crippen molar-refractivity contribution in [1.29, 1.82) is 0 Å². The lowest BCUT2D eigenvalue weighted by Crippen LogP contribution is -2.30. The minimum atomic E-state index is -4.76. The molecule has 0 radical (unpaired) electrons. The van der Waals surface area contributed by atoms with Gasteiger partial charge < -0.3 is 10.4 Å². The zero-order valence-electron chi connectivity index (χ0n) is 14.6. The molecule has 2 N–H and O–H groups in total. The first-order valence-electron chi connectivity index (χ1n) is 7.63. The number of halogens is 3. The van der Waals surface area contributed by atoms with Gasteiger partial charge in [0.15, 0.2) is 5.69 Å². The Morgan fingerprint density at radius 1 is 1.15 bits per heavy atom. The van der Waals surface area contributed by atoms with E-state index in [1.165, 1.54) is 25.1 Å². The molecule has 26 heavy (non-hydrogen) atoms. The average Bonchev–Trinajstić information content (AvgIpc) is 2.91. The van der Waals surface area contributed by atoms with Crippen LogP contribution in [-0.2, 0) is 11.7 Å². The molecule has 0 aliphatic heterocycles. The number of aryl methyl sites for hydroxylation is 1. The highest BCUT2D eigenvalue weighted by molar-refractivity contribution is 6.05. The summed E-state index contributed by atoms with van der Waals surface area (Å²) in [6.45, 7) is 6.17. The van der Waals surface area contributed by atoms with Crippen molar-refractivity contribution >= 4 is 17.6 Å². The van der Waals surface area contributed by atoms with Crippen molar-refractivity contribution in [2.24, 2.45) is 0 Å². The van der Waals surface area contributed by atoms with Crippen molar-refractivity contribution in [3.8, 4) is 0 Å². The van der Waals surface area contributed by atoms with Gasteiger partial charge in [-0.3, -0.25) is 9.48 Å². The number of hydrogen-bond donors (Lipinski definition) is 2. The monoisotopic (exact) mass is 369 g/mol. The summed E-state index contributed by atoms with van der Waals surface area (Å²) in [5.74, 6) is -2.11. The molecule has 0 bridgehead atoms. The Labute approximate surface area is 147 Å². The zero-order valence-corrected chi connectivity index (χ0v) is 14.6. The lowest BCUT2D eigenvalue weighted by Gasteiger charge is -2.23. The quantitative estimate of drug-likeness (QED) is 0.859. The summed E-state index contributed by atoms with van der Waals surface area (Å²) in [4.78, 5) is 23.4. The van der Waals surface area contributed by atoms with E-state index in [4.69, 9.17) is 5.11 Å². The van der Waals surface area contributed by atoms with E-state index in [1.807, 2.05) is 0 Å². The second-order valence-corrected chi connectivity index (χ2v) is 6.78. The molecule has 0 atom stereocenters. The molecule has 2 rings (SSSR count). The molecule has 0 aliphatic carbocycles. The number of amides is 1. The Kier molecular flexibility index (Phi) is 4.85. The molecule has 1 aromatic heterocycles. The van der Waals surface area contributed by atoms with Gasteiger partial charge in [-0.2, -0.15) is 18.3 Å². The first-order chi connectivity index (χ1) is 11.8. The van der Waals surface area contributed by atoms with Crippen LogP contribution in [0.5, 0.6) is 0 Å². The largest absolute Gasteiger partial charge is 0.478 e. The maximum absolute atomic E-state index is 13.5. The Balaban J connectivity index is 2.41. The van der Waals surface area contributed by atoms with Gasteiger partial charge in [-0.25, -0.2) is 4.79 Å². The Hall–Kier alpha value is -2.84. The van der Waals surface area contributed by atoms with Crippen LogP contribution in [-0.4, -0.2) is 26.8 Å². The number of carboxylic acids is 1. The SMILES string of the molecule is Cc1cc(NC(=O)c2cnn(C(C)(C)C)c2C(F)(F)F)ccc1C(=O)O. The van der Waals surface area contributed by atoms with Crippen LogP contribution in [0.2, 0.25) is 0 Å². The van der Waals surface area contributed by atoms with E-state index >= 15 is 0 Å². The number of benzene rings is 1. The fourth-order valence-electron chi connectivity index (χ4n) is 2.48. The highest BCUT2D eigenvalue weighted by Gasteiger charge is 2.42. The van der Waals surface area contributed by atoms with Crippen molar-refractivity contribution in [2.45, 2.75) is 39.4 Å². The first-order valence-corrected chi connectivity index (χ1v) is 7.63. The standard InChI is InChI=1S/C17H18F3N3O3/c1-9-7-10(5-6-11(9)15(25)26)22-14(24)12-8-21-23(16(2,3)4)13(12)17(18,19)20/h5-8H,1-4H3,(H,22,24)(H,25,26). The maximum atomic E-state index is 13.5. The fraction of sp³-hybridized carbons (Fsp3) is 0.353. The molecular weight excluding hydrogens is 351 g/mol. The number of rotatable bonds is 3. The number of nitrogens with zero attached hydrogens (tertiary/aromatic N) is 2. The summed E-state index contributed by atoms with van der Waals surface area (Å²) in [7, 11) is 0. The molecule has 6 nitrogen and oxygen atoms in total. The lowest BCUT2D eigenvalue weighted by molar-refractivity contribution is -0.146. The summed E-state index contributed by atoms with van der Waals surface area (Å²) in [5, 5.41) is 15.1. The third-order valence-corrected chi connectivity index (χ3v) is 3.63. The number of carboxylic acid groups (broad SMARTS) is 1. The molecule has 140 valence electrons. The van der Waals surface area contributed by atoms with E-state index < -0.39 is 34.8 Å². The van der Waals surface area contributed by atoms with Crippen molar-refractivity contribution in [1.82, 2.24) is 9.78 Å². The van der Waals surface area contributed by atoms with Crippen LogP contribution >= 0.6 is 0 Å². The van der Waals surface area contributed by atoms with Gasteiger partial charge in [0, 0.05) is 5.69 Å². The second kappa shape index (κ2) is 6.47. The predicted octanol–water partition coefficient (Wildman–Crippen LogP) is 3.92. The number of hydrogen-bond acceptors (Lipinski definition) is 3. The van der Waals surface area contributed by atoms with Gasteiger partial charge in [-0.05, 0) is 51.5 Å². The first kappa shape index (κ1) is 19.5. The summed E-state index contributed by atoms with van der Waals surface area (Å²) in [6, 6.07) is 3.97. The van der Waals surface area contributed by atoms with Gasteiger partial charge in [-0.15, -0.1) is 0 Å². The molecule has 1 heterocycles. The molecule has 1 aromatic carbocycles. The number of aromatic carboxylic acids is 1. The third kappa shape index (κ3) is 3.87. The van der Waals surface area contributed by atoms with Crippen LogP contribution in [0.3, 0.4) is 0 Å². The Morgan fingerprint density at radius 2 is 1.77 bits per heavy atom.